The zero-order chi connectivity index (χ0) is 18.9. The van der Waals surface area contributed by atoms with E-state index in [0.29, 0.717) is 18.8 Å². The minimum absolute atomic E-state index is 0.0471. The fourth-order valence-corrected chi connectivity index (χ4v) is 3.46. The van der Waals surface area contributed by atoms with E-state index >= 15 is 0 Å². The van der Waals surface area contributed by atoms with Crippen molar-refractivity contribution < 1.29 is 9.18 Å². The van der Waals surface area contributed by atoms with Crippen LogP contribution in [0.25, 0.3) is 0 Å². The van der Waals surface area contributed by atoms with Crippen LogP contribution < -0.4 is 0 Å². The second-order valence-electron chi connectivity index (χ2n) is 6.11. The van der Waals surface area contributed by atoms with Gasteiger partial charge in [-0.15, -0.1) is 11.8 Å². The fourth-order valence-electron chi connectivity index (χ4n) is 2.66. The van der Waals surface area contributed by atoms with Gasteiger partial charge in [-0.1, -0.05) is 36.4 Å². The summed E-state index contributed by atoms with van der Waals surface area (Å²) in [5.41, 5.74) is 2.06. The van der Waals surface area contributed by atoms with Crippen LogP contribution in [0, 0.1) is 5.82 Å². The van der Waals surface area contributed by atoms with E-state index in [1.807, 2.05) is 41.3 Å². The Labute approximate surface area is 163 Å². The van der Waals surface area contributed by atoms with Crippen LogP contribution in [-0.4, -0.2) is 28.1 Å². The number of hydrogen-bond donors (Lipinski definition) is 0. The van der Waals surface area contributed by atoms with Crippen LogP contribution in [0.4, 0.5) is 4.39 Å². The summed E-state index contributed by atoms with van der Waals surface area (Å²) in [6.07, 6.45) is 2.53. The maximum Gasteiger partial charge on any atom is 0.233 e. The van der Waals surface area contributed by atoms with E-state index in [2.05, 4.69) is 17.1 Å². The third kappa shape index (κ3) is 6.22. The van der Waals surface area contributed by atoms with Gasteiger partial charge in [0.2, 0.25) is 5.91 Å². The van der Waals surface area contributed by atoms with Crippen molar-refractivity contribution in [3.05, 3.63) is 96.1 Å². The average molecular weight is 380 g/mol. The summed E-state index contributed by atoms with van der Waals surface area (Å²) in [4.78, 5) is 19.9. The molecule has 0 fully saturated rings. The summed E-state index contributed by atoms with van der Waals surface area (Å²) in [7, 11) is 0. The Morgan fingerprint density at radius 2 is 1.70 bits per heavy atom. The van der Waals surface area contributed by atoms with Crippen molar-refractivity contribution in [3.63, 3.8) is 0 Å². The molecule has 138 valence electrons. The second-order valence-corrected chi connectivity index (χ2v) is 7.16. The Hall–Kier alpha value is -2.66. The molecule has 3 nitrogen and oxygen atoms in total. The van der Waals surface area contributed by atoms with Crippen LogP contribution in [0.5, 0.6) is 0 Å². The molecule has 1 aromatic heterocycles. The zero-order valence-corrected chi connectivity index (χ0v) is 15.7. The van der Waals surface area contributed by atoms with Gasteiger partial charge in [-0.3, -0.25) is 9.78 Å². The second kappa shape index (κ2) is 9.88. The molecule has 0 bridgehead atoms. The molecular weight excluding hydrogens is 359 g/mol. The third-order valence-electron chi connectivity index (χ3n) is 4.12. The third-order valence-corrected chi connectivity index (χ3v) is 5.12. The monoisotopic (exact) mass is 380 g/mol. The predicted molar refractivity (Wildman–Crippen MR) is 107 cm³/mol. The molecule has 2 aromatic carbocycles. The lowest BCUT2D eigenvalue weighted by atomic mass is 10.1. The minimum Gasteiger partial charge on any atom is -0.336 e. The van der Waals surface area contributed by atoms with E-state index in [9.17, 15) is 9.18 Å². The molecule has 0 aliphatic carbocycles. The highest BCUT2D eigenvalue weighted by atomic mass is 32.2. The Balaban J connectivity index is 1.63. The Morgan fingerprint density at radius 3 is 2.41 bits per heavy atom. The molecule has 27 heavy (non-hydrogen) atoms. The van der Waals surface area contributed by atoms with Crippen molar-refractivity contribution in [2.75, 3.05) is 12.3 Å². The highest BCUT2D eigenvalue weighted by Crippen LogP contribution is 2.19. The molecule has 0 saturated carbocycles. The molecule has 3 aromatic rings. The molecule has 0 aliphatic heterocycles. The van der Waals surface area contributed by atoms with Crippen molar-refractivity contribution in [2.24, 2.45) is 0 Å². The molecule has 0 radical (unpaired) electrons. The van der Waals surface area contributed by atoms with Gasteiger partial charge >= 0.3 is 0 Å². The first-order chi connectivity index (χ1) is 13.2. The van der Waals surface area contributed by atoms with E-state index in [0.717, 1.165) is 17.0 Å². The number of pyridine rings is 1. The first-order valence-corrected chi connectivity index (χ1v) is 9.79. The quantitative estimate of drug-likeness (QED) is 0.536. The van der Waals surface area contributed by atoms with Gasteiger partial charge < -0.3 is 4.90 Å². The normalized spacial score (nSPS) is 10.6. The lowest BCUT2D eigenvalue weighted by Gasteiger charge is -2.22. The molecular formula is C22H21FN2OS. The molecule has 0 aliphatic rings. The number of amides is 1. The van der Waals surface area contributed by atoms with E-state index < -0.39 is 0 Å². The van der Waals surface area contributed by atoms with Crippen LogP contribution in [-0.2, 0) is 17.8 Å². The molecule has 1 heterocycles. The number of rotatable bonds is 8. The minimum atomic E-state index is -0.273. The molecule has 1 amide bonds. The number of halogens is 1. The van der Waals surface area contributed by atoms with Gasteiger partial charge in [0.05, 0.1) is 18.0 Å². The Kier molecular flexibility index (Phi) is 6.99. The van der Waals surface area contributed by atoms with E-state index in [-0.39, 0.29) is 11.7 Å². The Bertz CT molecular complexity index is 841. The SMILES string of the molecule is O=C(CSc1ccc(F)cc1)N(CCc1ccccc1)Cc1ccccn1. The van der Waals surface area contributed by atoms with Gasteiger partial charge in [0.15, 0.2) is 0 Å². The van der Waals surface area contributed by atoms with E-state index in [4.69, 9.17) is 0 Å². The number of carbonyl (C=O) groups excluding carboxylic acids is 1. The summed E-state index contributed by atoms with van der Waals surface area (Å²) in [5.74, 6) is 0.0870. The van der Waals surface area contributed by atoms with Crippen LogP contribution in [0.2, 0.25) is 0 Å². The largest absolute Gasteiger partial charge is 0.336 e. The summed E-state index contributed by atoms with van der Waals surface area (Å²) < 4.78 is 13.0. The number of nitrogens with zero attached hydrogens (tertiary/aromatic N) is 2. The summed E-state index contributed by atoms with van der Waals surface area (Å²) in [6.45, 7) is 1.11. The number of hydrogen-bond acceptors (Lipinski definition) is 3. The predicted octanol–water partition coefficient (Wildman–Crippen LogP) is 4.58. The van der Waals surface area contributed by atoms with Gasteiger partial charge in [0, 0.05) is 17.6 Å². The maximum absolute atomic E-state index is 13.0. The average Bonchev–Trinajstić information content (AvgIpc) is 2.72. The van der Waals surface area contributed by atoms with Gasteiger partial charge in [0.25, 0.3) is 0 Å². The van der Waals surface area contributed by atoms with Crippen molar-refractivity contribution in [1.29, 1.82) is 0 Å². The first-order valence-electron chi connectivity index (χ1n) is 8.81. The molecule has 5 heteroatoms. The Morgan fingerprint density at radius 1 is 0.963 bits per heavy atom. The van der Waals surface area contributed by atoms with Gasteiger partial charge in [-0.2, -0.15) is 0 Å². The van der Waals surface area contributed by atoms with Gasteiger partial charge in [-0.05, 0) is 48.4 Å². The standard InChI is InChI=1S/C22H21FN2OS/c23-19-9-11-21(12-10-19)27-17-22(26)25(16-20-8-4-5-14-24-20)15-13-18-6-2-1-3-7-18/h1-12,14H,13,15-17H2. The lowest BCUT2D eigenvalue weighted by molar-refractivity contribution is -0.129. The van der Waals surface area contributed by atoms with Crippen LogP contribution in [0.15, 0.2) is 83.9 Å². The molecule has 0 spiro atoms. The van der Waals surface area contributed by atoms with E-state index in [1.54, 1.807) is 18.3 Å². The molecule has 3 rings (SSSR count). The number of thioether (sulfide) groups is 1. The first kappa shape index (κ1) is 19.1. The molecule has 0 atom stereocenters. The summed E-state index contributed by atoms with van der Waals surface area (Å²) in [6, 6.07) is 22.1. The van der Waals surface area contributed by atoms with Crippen LogP contribution in [0.3, 0.4) is 0 Å². The lowest BCUT2D eigenvalue weighted by Crippen LogP contribution is -2.34. The number of aromatic nitrogens is 1. The van der Waals surface area contributed by atoms with Crippen molar-refractivity contribution in [3.8, 4) is 0 Å². The van der Waals surface area contributed by atoms with Crippen molar-refractivity contribution >= 4 is 17.7 Å². The van der Waals surface area contributed by atoms with Crippen LogP contribution >= 0.6 is 11.8 Å². The highest BCUT2D eigenvalue weighted by molar-refractivity contribution is 8.00. The fraction of sp³-hybridized carbons (Fsp3) is 0.182. The zero-order valence-electron chi connectivity index (χ0n) is 14.9. The topological polar surface area (TPSA) is 33.2 Å². The summed E-state index contributed by atoms with van der Waals surface area (Å²) in [5, 5.41) is 0. The molecule has 0 unspecified atom stereocenters. The van der Waals surface area contributed by atoms with Crippen molar-refractivity contribution in [2.45, 2.75) is 17.9 Å². The van der Waals surface area contributed by atoms with Gasteiger partial charge in [0.1, 0.15) is 5.82 Å². The number of carbonyl (C=O) groups is 1. The van der Waals surface area contributed by atoms with Gasteiger partial charge in [-0.25, -0.2) is 4.39 Å². The maximum atomic E-state index is 13.0. The molecule has 0 saturated heterocycles. The van der Waals surface area contributed by atoms with Crippen LogP contribution in [0.1, 0.15) is 11.3 Å². The van der Waals surface area contributed by atoms with Crippen molar-refractivity contribution in [1.82, 2.24) is 9.88 Å². The molecule has 0 N–H and O–H groups in total. The number of benzene rings is 2. The van der Waals surface area contributed by atoms with E-state index in [1.165, 1.54) is 29.5 Å². The summed E-state index contributed by atoms with van der Waals surface area (Å²) >= 11 is 1.42. The smallest absolute Gasteiger partial charge is 0.233 e. The highest BCUT2D eigenvalue weighted by Gasteiger charge is 2.15.